The number of hydrogen-bond donors (Lipinski definition) is 0. The molecule has 2 aromatic heterocycles. The first-order valence-corrected chi connectivity index (χ1v) is 8.68. The van der Waals surface area contributed by atoms with Gasteiger partial charge in [0.2, 0.25) is 5.03 Å². The maximum Gasteiger partial charge on any atom is 0.263 e. The first-order valence-electron chi connectivity index (χ1n) is 6.44. The molecule has 0 aliphatic heterocycles. The minimum Gasteiger partial charge on any atom is -0.337 e. The summed E-state index contributed by atoms with van der Waals surface area (Å²) in [5.41, 5.74) is 0. The van der Waals surface area contributed by atoms with E-state index < -0.39 is 10.0 Å². The van der Waals surface area contributed by atoms with Crippen LogP contribution >= 0.6 is 15.9 Å². The molecule has 0 bridgehead atoms. The number of aryl methyl sites for hydroxylation is 2. The molecule has 0 unspecified atom stereocenters. The van der Waals surface area contributed by atoms with Crippen LogP contribution in [0.4, 0.5) is 0 Å². The Bertz CT molecular complexity index is 744. The number of nitrogens with zero attached hydrogens (tertiary/aromatic N) is 6. The van der Waals surface area contributed by atoms with Gasteiger partial charge in [0.25, 0.3) is 10.0 Å². The van der Waals surface area contributed by atoms with Crippen molar-refractivity contribution < 1.29 is 8.42 Å². The van der Waals surface area contributed by atoms with Crippen LogP contribution in [0.2, 0.25) is 0 Å². The van der Waals surface area contributed by atoms with Gasteiger partial charge < -0.3 is 4.57 Å². The number of sulfonamides is 1. The third-order valence-corrected chi connectivity index (χ3v) is 6.25. The van der Waals surface area contributed by atoms with Crippen LogP contribution in [0.5, 0.6) is 0 Å². The quantitative estimate of drug-likeness (QED) is 0.767. The molecule has 0 aromatic carbocycles. The lowest BCUT2D eigenvalue weighted by atomic mass is 10.5. The first-order chi connectivity index (χ1) is 9.91. The molecule has 1 aliphatic carbocycles. The van der Waals surface area contributed by atoms with E-state index in [1.54, 1.807) is 19.4 Å². The van der Waals surface area contributed by atoms with Crippen LogP contribution in [0, 0.1) is 0 Å². The average molecular weight is 375 g/mol. The van der Waals surface area contributed by atoms with E-state index in [0.29, 0.717) is 5.82 Å². The Balaban J connectivity index is 1.99. The Morgan fingerprint density at radius 2 is 2.14 bits per heavy atom. The highest BCUT2D eigenvalue weighted by atomic mass is 79.9. The van der Waals surface area contributed by atoms with Crippen molar-refractivity contribution in [2.75, 3.05) is 0 Å². The summed E-state index contributed by atoms with van der Waals surface area (Å²) in [4.78, 5) is 4.21. The van der Waals surface area contributed by atoms with Crippen LogP contribution in [-0.4, -0.2) is 43.3 Å². The Morgan fingerprint density at radius 3 is 2.62 bits per heavy atom. The zero-order valence-electron chi connectivity index (χ0n) is 11.6. The van der Waals surface area contributed by atoms with Gasteiger partial charge in [0.05, 0.1) is 6.54 Å². The van der Waals surface area contributed by atoms with Crippen LogP contribution in [0.1, 0.15) is 18.7 Å². The van der Waals surface area contributed by atoms with E-state index in [0.717, 1.165) is 12.8 Å². The van der Waals surface area contributed by atoms with Crippen molar-refractivity contribution in [3.8, 4) is 0 Å². The van der Waals surface area contributed by atoms with E-state index in [1.165, 1.54) is 8.99 Å². The summed E-state index contributed by atoms with van der Waals surface area (Å²) in [5, 5.41) is 7.59. The molecule has 8 nitrogen and oxygen atoms in total. The van der Waals surface area contributed by atoms with Crippen molar-refractivity contribution in [3.63, 3.8) is 0 Å². The summed E-state index contributed by atoms with van der Waals surface area (Å²) >= 11 is 3.16. The molecule has 0 atom stereocenters. The molecule has 0 amide bonds. The van der Waals surface area contributed by atoms with Crippen LogP contribution in [0.3, 0.4) is 0 Å². The van der Waals surface area contributed by atoms with E-state index in [4.69, 9.17) is 0 Å². The smallest absolute Gasteiger partial charge is 0.263 e. The van der Waals surface area contributed by atoms with Crippen molar-refractivity contribution in [3.05, 3.63) is 22.8 Å². The molecule has 0 radical (unpaired) electrons. The number of aromatic nitrogens is 5. The summed E-state index contributed by atoms with van der Waals surface area (Å²) in [6, 6.07) is 0.0218. The van der Waals surface area contributed by atoms with Crippen LogP contribution in [0.25, 0.3) is 0 Å². The summed E-state index contributed by atoms with van der Waals surface area (Å²) in [6.45, 7) is 0.244. The average Bonchev–Trinajstić information content (AvgIpc) is 3.08. The maximum absolute atomic E-state index is 12.9. The molecule has 0 spiro atoms. The molecule has 10 heteroatoms. The lowest BCUT2D eigenvalue weighted by Gasteiger charge is -2.21. The van der Waals surface area contributed by atoms with Gasteiger partial charge in [0.1, 0.15) is 5.82 Å². The van der Waals surface area contributed by atoms with Gasteiger partial charge in [-0.3, -0.25) is 0 Å². The summed E-state index contributed by atoms with van der Waals surface area (Å²) in [6.07, 6.45) is 5.20. The fraction of sp³-hybridized carbons (Fsp3) is 0.545. The fourth-order valence-electron chi connectivity index (χ4n) is 2.17. The zero-order valence-corrected chi connectivity index (χ0v) is 14.0. The summed E-state index contributed by atoms with van der Waals surface area (Å²) in [7, 11) is -0.263. The second kappa shape index (κ2) is 5.18. The molecule has 0 N–H and O–H groups in total. The Labute approximate surface area is 130 Å². The van der Waals surface area contributed by atoms with Gasteiger partial charge in [-0.2, -0.15) is 4.31 Å². The number of halogens is 1. The fourth-order valence-corrected chi connectivity index (χ4v) is 4.84. The topological polar surface area (TPSA) is 85.9 Å². The largest absolute Gasteiger partial charge is 0.337 e. The predicted molar refractivity (Wildman–Crippen MR) is 77.7 cm³/mol. The highest BCUT2D eigenvalue weighted by Crippen LogP contribution is 2.34. The van der Waals surface area contributed by atoms with Gasteiger partial charge in [-0.25, -0.2) is 18.1 Å². The molecular weight excluding hydrogens is 360 g/mol. The van der Waals surface area contributed by atoms with E-state index in [1.807, 2.05) is 11.6 Å². The first kappa shape index (κ1) is 14.7. The molecule has 2 heterocycles. The Kier molecular flexibility index (Phi) is 3.62. The van der Waals surface area contributed by atoms with Crippen LogP contribution in [-0.2, 0) is 30.7 Å². The van der Waals surface area contributed by atoms with E-state index >= 15 is 0 Å². The van der Waals surface area contributed by atoms with Gasteiger partial charge in [0, 0.05) is 32.5 Å². The standard InChI is InChI=1S/C11H15BrN6O2S/c1-16-6-5-13-9(16)7-18(8-3-4-8)21(19,20)11-10(12)14-15-17(11)2/h5-6,8H,3-4,7H2,1-2H3. The van der Waals surface area contributed by atoms with Gasteiger partial charge in [0.15, 0.2) is 4.60 Å². The van der Waals surface area contributed by atoms with E-state index in [9.17, 15) is 8.42 Å². The van der Waals surface area contributed by atoms with Gasteiger partial charge in [-0.15, -0.1) is 5.10 Å². The minimum absolute atomic E-state index is 0.0218. The lowest BCUT2D eigenvalue weighted by molar-refractivity contribution is 0.380. The highest BCUT2D eigenvalue weighted by Gasteiger charge is 2.41. The van der Waals surface area contributed by atoms with Crippen molar-refractivity contribution in [2.45, 2.75) is 30.5 Å². The molecule has 1 aliphatic rings. The van der Waals surface area contributed by atoms with Gasteiger partial charge in [-0.05, 0) is 28.8 Å². The number of hydrogen-bond acceptors (Lipinski definition) is 5. The molecule has 114 valence electrons. The third-order valence-electron chi connectivity index (χ3n) is 3.46. The second-order valence-electron chi connectivity index (χ2n) is 5.04. The van der Waals surface area contributed by atoms with Crippen molar-refractivity contribution in [1.29, 1.82) is 0 Å². The predicted octanol–water partition coefficient (Wildman–Crippen LogP) is 0.664. The molecular formula is C11H15BrN6O2S. The summed E-state index contributed by atoms with van der Waals surface area (Å²) < 4.78 is 30.6. The molecule has 21 heavy (non-hydrogen) atoms. The van der Waals surface area contributed by atoms with Crippen LogP contribution in [0.15, 0.2) is 22.0 Å². The van der Waals surface area contributed by atoms with Crippen LogP contribution < -0.4 is 0 Å². The molecule has 1 saturated carbocycles. The van der Waals surface area contributed by atoms with Crippen molar-refractivity contribution in [2.24, 2.45) is 14.1 Å². The van der Waals surface area contributed by atoms with Crippen molar-refractivity contribution in [1.82, 2.24) is 28.9 Å². The molecule has 3 rings (SSSR count). The zero-order chi connectivity index (χ0) is 15.2. The monoisotopic (exact) mass is 374 g/mol. The maximum atomic E-state index is 12.9. The number of imidazole rings is 1. The summed E-state index contributed by atoms with van der Waals surface area (Å²) in [5.74, 6) is 0.705. The SMILES string of the molecule is Cn1ccnc1CN(C1CC1)S(=O)(=O)c1c(Br)nnn1C. The lowest BCUT2D eigenvalue weighted by Crippen LogP contribution is -2.35. The third kappa shape index (κ3) is 2.62. The van der Waals surface area contributed by atoms with Gasteiger partial charge >= 0.3 is 0 Å². The van der Waals surface area contributed by atoms with E-state index in [-0.39, 0.29) is 22.2 Å². The normalized spacial score (nSPS) is 15.8. The number of rotatable bonds is 5. The van der Waals surface area contributed by atoms with Crippen molar-refractivity contribution >= 4 is 26.0 Å². The minimum atomic E-state index is -3.68. The highest BCUT2D eigenvalue weighted by molar-refractivity contribution is 9.10. The van der Waals surface area contributed by atoms with Gasteiger partial charge in [-0.1, -0.05) is 5.21 Å². The Morgan fingerprint density at radius 1 is 1.43 bits per heavy atom. The second-order valence-corrected chi connectivity index (χ2v) is 7.60. The van der Waals surface area contributed by atoms with E-state index in [2.05, 4.69) is 31.2 Å². The molecule has 1 fully saturated rings. The Hall–Kier alpha value is -1.26. The molecule has 0 saturated heterocycles. The molecule has 2 aromatic rings.